The summed E-state index contributed by atoms with van der Waals surface area (Å²) in [6.07, 6.45) is 12.8. The molecule has 6 aliphatic rings. The molecule has 0 saturated heterocycles. The third-order valence-corrected chi connectivity index (χ3v) is 19.1. The standard InChI is InChI=1S/C64H76N10O13S4/c1-34(2)56(69-55(77)12-9-8-10-19-72-63(82)57(90-70-49(32-88)36(4)75)58(64(72)83)91-71-50(33-89)37(5)76)60(79)67-35(3)59(78)68-42-17-15-39(16-18-42)41-23-44-29-66-48-27-54(52(85-7)25-46(48)62(81)74(44)31-41)87-21-11-20-86-53-26-47-45(24-51(53)84-6)61(80)73-30-40(38-13-14-38)22-43(73)28-65-47/h15-18,24-31,34-35,38,43-44,49-50,56,70-71,88-89H,8-14,19-23,32-33H2,1-7H3,(H,67,79)(H,68,78)(H,69,77)/t35-,43-,44-,49+,50+,56-/m1/s1. The number of amides is 7. The first-order chi connectivity index (χ1) is 43.7. The van der Waals surface area contributed by atoms with Crippen LogP contribution >= 0.6 is 49.2 Å². The number of carbonyl (C=O) groups excluding carboxylic acids is 9. The third-order valence-electron chi connectivity index (χ3n) is 16.2. The van der Waals surface area contributed by atoms with Gasteiger partial charge in [0.1, 0.15) is 33.5 Å². The lowest BCUT2D eigenvalue weighted by molar-refractivity contribution is -0.137. The molecule has 0 bridgehead atoms. The summed E-state index contributed by atoms with van der Waals surface area (Å²) in [5.41, 5.74) is 5.24. The summed E-state index contributed by atoms with van der Waals surface area (Å²) in [7, 11) is 3.04. The molecule has 6 atom stereocenters. The second kappa shape index (κ2) is 30.8. The lowest BCUT2D eigenvalue weighted by atomic mass is 10.0. The van der Waals surface area contributed by atoms with Crippen LogP contribution in [0.4, 0.5) is 17.1 Å². The lowest BCUT2D eigenvalue weighted by Crippen LogP contribution is -2.53. The highest BCUT2D eigenvalue weighted by atomic mass is 32.2. The normalized spacial score (nSPS) is 18.7. The van der Waals surface area contributed by atoms with Gasteiger partial charge in [-0.25, -0.2) is 9.44 Å². The van der Waals surface area contributed by atoms with Gasteiger partial charge in [0.2, 0.25) is 17.7 Å². The van der Waals surface area contributed by atoms with Crippen molar-refractivity contribution in [1.82, 2.24) is 34.8 Å². The zero-order valence-electron chi connectivity index (χ0n) is 51.7. The van der Waals surface area contributed by atoms with Gasteiger partial charge in [0, 0.05) is 80.0 Å². The Hall–Kier alpha value is -7.43. The number of benzene rings is 3. The molecule has 0 aromatic heterocycles. The van der Waals surface area contributed by atoms with Crippen LogP contribution in [0.25, 0.3) is 5.57 Å². The predicted molar refractivity (Wildman–Crippen MR) is 356 cm³/mol. The molecule has 0 radical (unpaired) electrons. The fraction of sp³-hybridized carbons (Fsp3) is 0.453. The number of anilines is 1. The zero-order chi connectivity index (χ0) is 65.2. The Morgan fingerprint density at radius 2 is 1.19 bits per heavy atom. The summed E-state index contributed by atoms with van der Waals surface area (Å²) in [5.74, 6) is -1.07. The smallest absolute Gasteiger partial charge is 0.269 e. The first-order valence-electron chi connectivity index (χ1n) is 30.3. The molecule has 5 heterocycles. The largest absolute Gasteiger partial charge is 0.493 e. The molecular weight excluding hydrogens is 1250 g/mol. The number of fused-ring (bicyclic) bond motifs is 4. The second-order valence-electron chi connectivity index (χ2n) is 23.2. The number of imide groups is 1. The van der Waals surface area contributed by atoms with E-state index < -0.39 is 47.8 Å². The highest BCUT2D eigenvalue weighted by Crippen LogP contribution is 2.45. The van der Waals surface area contributed by atoms with E-state index in [1.54, 1.807) is 79.4 Å². The molecule has 5 N–H and O–H groups in total. The van der Waals surface area contributed by atoms with Crippen LogP contribution in [0.2, 0.25) is 0 Å². The van der Waals surface area contributed by atoms with Gasteiger partial charge >= 0.3 is 0 Å². The van der Waals surface area contributed by atoms with E-state index in [-0.39, 0.29) is 94.8 Å². The summed E-state index contributed by atoms with van der Waals surface area (Å²) in [5, 5.41) is 8.35. The summed E-state index contributed by atoms with van der Waals surface area (Å²) in [6, 6.07) is 10.1. The number of hydrogen-bond acceptors (Lipinski definition) is 21. The number of Topliss-reactive ketones (excluding diaryl/α,β-unsaturated/α-hetero) is 2. The molecule has 9 rings (SSSR count). The molecule has 3 aromatic rings. The van der Waals surface area contributed by atoms with Crippen LogP contribution in [0.3, 0.4) is 0 Å². The average Bonchev–Trinajstić information content (AvgIpc) is 1.79. The van der Waals surface area contributed by atoms with Crippen molar-refractivity contribution in [3.63, 3.8) is 0 Å². The molecule has 0 unspecified atom stereocenters. The summed E-state index contributed by atoms with van der Waals surface area (Å²) in [6.45, 7) is 8.44. The van der Waals surface area contributed by atoms with Crippen molar-refractivity contribution in [2.24, 2.45) is 21.8 Å². The fourth-order valence-electron chi connectivity index (χ4n) is 10.7. The number of thiol groups is 2. The number of aliphatic imine (C=N–C) groups is 2. The minimum absolute atomic E-state index is 0.0557. The number of nitrogens with zero attached hydrogens (tertiary/aromatic N) is 5. The number of hydrogen-bond donors (Lipinski definition) is 7. The third kappa shape index (κ3) is 16.3. The number of ether oxygens (including phenoxy) is 4. The van der Waals surface area contributed by atoms with Crippen molar-refractivity contribution in [1.29, 1.82) is 0 Å². The quantitative estimate of drug-likeness (QED) is 0.0136. The van der Waals surface area contributed by atoms with Gasteiger partial charge in [-0.3, -0.25) is 58.0 Å². The topological polar surface area (TPSA) is 285 Å². The Labute approximate surface area is 548 Å². The van der Waals surface area contributed by atoms with Crippen molar-refractivity contribution in [2.45, 2.75) is 129 Å². The molecule has 27 heteroatoms. The molecule has 23 nitrogen and oxygen atoms in total. The summed E-state index contributed by atoms with van der Waals surface area (Å²) < 4.78 is 29.5. The fourth-order valence-corrected chi connectivity index (χ4v) is 13.7. The number of ketones is 2. The van der Waals surface area contributed by atoms with Crippen LogP contribution in [-0.2, 0) is 33.6 Å². The van der Waals surface area contributed by atoms with Crippen molar-refractivity contribution >= 4 is 137 Å². The van der Waals surface area contributed by atoms with E-state index >= 15 is 0 Å². The summed E-state index contributed by atoms with van der Waals surface area (Å²) in [4.78, 5) is 133. The molecule has 1 fully saturated rings. The van der Waals surface area contributed by atoms with Gasteiger partial charge in [0.05, 0.1) is 74.1 Å². The van der Waals surface area contributed by atoms with Gasteiger partial charge in [0.25, 0.3) is 23.6 Å². The van der Waals surface area contributed by atoms with Crippen LogP contribution in [0.15, 0.2) is 86.3 Å². The van der Waals surface area contributed by atoms with E-state index in [4.69, 9.17) is 28.9 Å². The number of nitrogens with one attached hydrogen (secondary N) is 5. The lowest BCUT2D eigenvalue weighted by Gasteiger charge is -2.24. The highest BCUT2D eigenvalue weighted by Gasteiger charge is 2.41. The molecule has 3 aromatic carbocycles. The van der Waals surface area contributed by atoms with Crippen LogP contribution < -0.4 is 44.3 Å². The molecule has 484 valence electrons. The first kappa shape index (κ1) is 67.9. The number of rotatable bonds is 32. The van der Waals surface area contributed by atoms with Crippen molar-refractivity contribution in [3.05, 3.63) is 93.0 Å². The monoisotopic (exact) mass is 1320 g/mol. The highest BCUT2D eigenvalue weighted by molar-refractivity contribution is 8.06. The Bertz CT molecular complexity index is 3470. The maximum Gasteiger partial charge on any atom is 0.269 e. The van der Waals surface area contributed by atoms with Crippen molar-refractivity contribution in [3.8, 4) is 23.0 Å². The molecule has 91 heavy (non-hydrogen) atoms. The van der Waals surface area contributed by atoms with E-state index in [1.807, 2.05) is 24.5 Å². The Kier molecular flexibility index (Phi) is 23.0. The molecule has 1 aliphatic carbocycles. The van der Waals surface area contributed by atoms with Crippen LogP contribution in [0.1, 0.15) is 119 Å². The Morgan fingerprint density at radius 1 is 0.648 bits per heavy atom. The van der Waals surface area contributed by atoms with Gasteiger partial charge in [-0.05, 0) is 130 Å². The number of methoxy groups -OCH3 is 2. The molecule has 7 amide bonds. The second-order valence-corrected chi connectivity index (χ2v) is 25.6. The van der Waals surface area contributed by atoms with Gasteiger partial charge < -0.3 is 44.7 Å². The van der Waals surface area contributed by atoms with E-state index in [9.17, 15) is 43.2 Å². The van der Waals surface area contributed by atoms with Crippen LogP contribution in [0, 0.1) is 11.8 Å². The number of unbranched alkanes of at least 4 members (excludes halogenated alkanes) is 2. The van der Waals surface area contributed by atoms with Gasteiger partial charge in [-0.1, -0.05) is 32.4 Å². The molecular formula is C64H76N10O13S4. The van der Waals surface area contributed by atoms with E-state index in [1.165, 1.54) is 46.5 Å². The van der Waals surface area contributed by atoms with Crippen molar-refractivity contribution in [2.75, 3.05) is 50.8 Å². The van der Waals surface area contributed by atoms with Gasteiger partial charge in [-0.15, -0.1) is 0 Å². The maximum absolute atomic E-state index is 14.2. The average molecular weight is 1320 g/mol. The van der Waals surface area contributed by atoms with Crippen LogP contribution in [-0.4, -0.2) is 162 Å². The molecule has 0 spiro atoms. The predicted octanol–water partition coefficient (Wildman–Crippen LogP) is 7.72. The van der Waals surface area contributed by atoms with Gasteiger partial charge in [-0.2, -0.15) is 25.3 Å². The van der Waals surface area contributed by atoms with E-state index in [0.29, 0.717) is 89.2 Å². The summed E-state index contributed by atoms with van der Waals surface area (Å²) >= 11 is 10.1. The SMILES string of the molecule is COc1cc2c(cc1OCCCOc1cc3c(cc1OC)C(=O)N1C=C(C4CC4)C[C@@H]1C=N3)N=C[C@H]1CC(c3ccc(NC(=O)[C@@H](C)NC(=O)[C@H](NC(=O)CCCCCN4C(=O)C(SN[C@@H](CS)C(C)=O)=C(SN[C@@H](CS)C(C)=O)C4=O)C(C)C)cc3)=CN1C2=O. The van der Waals surface area contributed by atoms with Crippen LogP contribution in [0.5, 0.6) is 23.0 Å². The number of carbonyl (C=O) groups is 9. The Morgan fingerprint density at radius 3 is 1.69 bits per heavy atom. The van der Waals surface area contributed by atoms with E-state index in [2.05, 4.69) is 50.7 Å². The zero-order valence-corrected chi connectivity index (χ0v) is 55.1. The van der Waals surface area contributed by atoms with Gasteiger partial charge in [0.15, 0.2) is 23.0 Å². The van der Waals surface area contributed by atoms with Crippen molar-refractivity contribution < 1.29 is 62.1 Å². The van der Waals surface area contributed by atoms with E-state index in [0.717, 1.165) is 46.4 Å². The Balaban J connectivity index is 0.709. The molecule has 1 saturated carbocycles. The maximum atomic E-state index is 14.2. The first-order valence-corrected chi connectivity index (χ1v) is 33.1. The molecule has 5 aliphatic heterocycles. The minimum atomic E-state index is -0.979. The minimum Gasteiger partial charge on any atom is -0.493 e.